The number of thiophene rings is 1. The van der Waals surface area contributed by atoms with E-state index in [4.69, 9.17) is 23.2 Å². The molecule has 1 aromatic carbocycles. The Balaban J connectivity index is 2.00. The van der Waals surface area contributed by atoms with Crippen molar-refractivity contribution in [2.45, 2.75) is 13.0 Å². The Labute approximate surface area is 139 Å². The summed E-state index contributed by atoms with van der Waals surface area (Å²) in [7, 11) is 0. The number of nitrogens with zero attached hydrogens (tertiary/aromatic N) is 1. The molecule has 0 aliphatic carbocycles. The van der Waals surface area contributed by atoms with Gasteiger partial charge >= 0.3 is 0 Å². The van der Waals surface area contributed by atoms with Crippen LogP contribution in [-0.2, 0) is 0 Å². The third-order valence-electron chi connectivity index (χ3n) is 3.81. The van der Waals surface area contributed by atoms with E-state index in [1.54, 1.807) is 0 Å². The van der Waals surface area contributed by atoms with E-state index in [1.807, 2.05) is 23.5 Å². The number of halogens is 2. The number of aryl methyl sites for hydroxylation is 1. The summed E-state index contributed by atoms with van der Waals surface area (Å²) in [4.78, 5) is 5.22. The van der Waals surface area contributed by atoms with Crippen LogP contribution in [0.5, 0.6) is 0 Å². The van der Waals surface area contributed by atoms with Crippen molar-refractivity contribution in [3.63, 3.8) is 0 Å². The molecule has 0 amide bonds. The summed E-state index contributed by atoms with van der Waals surface area (Å²) in [5.41, 5.74) is 1.22. The van der Waals surface area contributed by atoms with Gasteiger partial charge in [-0.05, 0) is 36.8 Å². The number of rotatable bonds is 3. The maximum atomic E-state index is 6.23. The highest BCUT2D eigenvalue weighted by molar-refractivity contribution is 7.12. The van der Waals surface area contributed by atoms with Gasteiger partial charge in [-0.3, -0.25) is 4.90 Å². The second kappa shape index (κ2) is 6.67. The molecule has 2 aromatic rings. The quantitative estimate of drug-likeness (QED) is 0.892. The van der Waals surface area contributed by atoms with Gasteiger partial charge in [0, 0.05) is 35.9 Å². The highest BCUT2D eigenvalue weighted by Gasteiger charge is 2.25. The SMILES string of the molecule is Cc1ccc(C(c2ccc(Cl)c(Cl)c2)N2CCNCC2)s1. The van der Waals surface area contributed by atoms with Crippen molar-refractivity contribution in [1.82, 2.24) is 10.2 Å². The van der Waals surface area contributed by atoms with Gasteiger partial charge in [-0.15, -0.1) is 11.3 Å². The van der Waals surface area contributed by atoms with Gasteiger partial charge in [-0.2, -0.15) is 0 Å². The van der Waals surface area contributed by atoms with Crippen molar-refractivity contribution < 1.29 is 0 Å². The lowest BCUT2D eigenvalue weighted by atomic mass is 10.0. The molecule has 1 N–H and O–H groups in total. The maximum Gasteiger partial charge on any atom is 0.0697 e. The van der Waals surface area contributed by atoms with Gasteiger partial charge in [0.05, 0.1) is 16.1 Å². The van der Waals surface area contributed by atoms with Crippen LogP contribution in [0.25, 0.3) is 0 Å². The molecule has 3 rings (SSSR count). The molecule has 2 heterocycles. The Kier molecular flexibility index (Phi) is 4.87. The highest BCUT2D eigenvalue weighted by atomic mass is 35.5. The summed E-state index contributed by atoms with van der Waals surface area (Å²) in [6, 6.07) is 10.7. The Bertz CT molecular complexity index is 620. The summed E-state index contributed by atoms with van der Waals surface area (Å²) in [5.74, 6) is 0. The Hall–Kier alpha value is -0.580. The summed E-state index contributed by atoms with van der Waals surface area (Å²) < 4.78 is 0. The average molecular weight is 341 g/mol. The van der Waals surface area contributed by atoms with Crippen LogP contribution < -0.4 is 5.32 Å². The minimum absolute atomic E-state index is 0.264. The van der Waals surface area contributed by atoms with Crippen molar-refractivity contribution in [2.75, 3.05) is 26.2 Å². The molecule has 2 nitrogen and oxygen atoms in total. The molecule has 1 unspecified atom stereocenters. The van der Waals surface area contributed by atoms with Gasteiger partial charge in [0.2, 0.25) is 0 Å². The molecule has 0 saturated carbocycles. The summed E-state index contributed by atoms with van der Waals surface area (Å²) in [6.07, 6.45) is 0. The van der Waals surface area contributed by atoms with Crippen LogP contribution >= 0.6 is 34.5 Å². The van der Waals surface area contributed by atoms with Crippen LogP contribution in [0.2, 0.25) is 10.0 Å². The highest BCUT2D eigenvalue weighted by Crippen LogP contribution is 2.36. The minimum atomic E-state index is 0.264. The second-order valence-corrected chi connectivity index (χ2v) is 7.44. The van der Waals surface area contributed by atoms with Crippen molar-refractivity contribution in [3.05, 3.63) is 55.7 Å². The van der Waals surface area contributed by atoms with Gasteiger partial charge in [0.1, 0.15) is 0 Å². The zero-order valence-corrected chi connectivity index (χ0v) is 14.2. The van der Waals surface area contributed by atoms with Crippen molar-refractivity contribution in [3.8, 4) is 0 Å². The lowest BCUT2D eigenvalue weighted by molar-refractivity contribution is 0.200. The first-order valence-corrected chi connectivity index (χ1v) is 8.68. The Morgan fingerprint density at radius 3 is 2.48 bits per heavy atom. The van der Waals surface area contributed by atoms with Gasteiger partial charge in [-0.1, -0.05) is 29.3 Å². The first-order valence-electron chi connectivity index (χ1n) is 7.11. The molecule has 1 fully saturated rings. The number of piperazine rings is 1. The smallest absolute Gasteiger partial charge is 0.0697 e. The molecule has 1 saturated heterocycles. The molecule has 0 spiro atoms. The van der Waals surface area contributed by atoms with Crippen LogP contribution in [0, 0.1) is 6.92 Å². The van der Waals surface area contributed by atoms with E-state index in [9.17, 15) is 0 Å². The number of benzene rings is 1. The van der Waals surface area contributed by atoms with E-state index in [-0.39, 0.29) is 6.04 Å². The Morgan fingerprint density at radius 2 is 1.86 bits per heavy atom. The van der Waals surface area contributed by atoms with E-state index >= 15 is 0 Å². The summed E-state index contributed by atoms with van der Waals surface area (Å²) >= 11 is 14.2. The molecule has 21 heavy (non-hydrogen) atoms. The van der Waals surface area contributed by atoms with Crippen molar-refractivity contribution in [2.24, 2.45) is 0 Å². The predicted molar refractivity (Wildman–Crippen MR) is 91.8 cm³/mol. The standard InChI is InChI=1S/C16H18Cl2N2S/c1-11-2-5-15(21-11)16(20-8-6-19-7-9-20)12-3-4-13(17)14(18)10-12/h2-5,10,16,19H,6-9H2,1H3. The Morgan fingerprint density at radius 1 is 1.10 bits per heavy atom. The normalized spacial score (nSPS) is 17.9. The van der Waals surface area contributed by atoms with Crippen LogP contribution in [0.3, 0.4) is 0 Å². The second-order valence-electron chi connectivity index (χ2n) is 5.31. The molecule has 0 bridgehead atoms. The topological polar surface area (TPSA) is 15.3 Å². The zero-order valence-electron chi connectivity index (χ0n) is 11.9. The fourth-order valence-electron chi connectivity index (χ4n) is 2.78. The third-order valence-corrected chi connectivity index (χ3v) is 5.60. The first kappa shape index (κ1) is 15.3. The molecule has 1 atom stereocenters. The predicted octanol–water partition coefficient (Wildman–Crippen LogP) is 4.36. The van der Waals surface area contributed by atoms with Gasteiger partial charge in [0.25, 0.3) is 0 Å². The molecule has 1 aliphatic rings. The van der Waals surface area contributed by atoms with E-state index in [2.05, 4.69) is 35.3 Å². The van der Waals surface area contributed by atoms with Gasteiger partial charge < -0.3 is 5.32 Å². The van der Waals surface area contributed by atoms with E-state index in [1.165, 1.54) is 15.3 Å². The van der Waals surface area contributed by atoms with E-state index in [0.29, 0.717) is 10.0 Å². The van der Waals surface area contributed by atoms with Crippen LogP contribution in [0.4, 0.5) is 0 Å². The first-order chi connectivity index (χ1) is 10.1. The van der Waals surface area contributed by atoms with Gasteiger partial charge in [-0.25, -0.2) is 0 Å². The fourth-order valence-corrected chi connectivity index (χ4v) is 4.13. The van der Waals surface area contributed by atoms with E-state index < -0.39 is 0 Å². The monoisotopic (exact) mass is 340 g/mol. The number of hydrogen-bond donors (Lipinski definition) is 1. The summed E-state index contributed by atoms with van der Waals surface area (Å²) in [6.45, 7) is 6.30. The van der Waals surface area contributed by atoms with Gasteiger partial charge in [0.15, 0.2) is 0 Å². The average Bonchev–Trinajstić information content (AvgIpc) is 2.90. The van der Waals surface area contributed by atoms with Crippen LogP contribution in [0.15, 0.2) is 30.3 Å². The molecule has 1 aromatic heterocycles. The minimum Gasteiger partial charge on any atom is -0.314 e. The van der Waals surface area contributed by atoms with Crippen LogP contribution in [0.1, 0.15) is 21.4 Å². The largest absolute Gasteiger partial charge is 0.314 e. The molecular formula is C16H18Cl2N2S. The van der Waals surface area contributed by atoms with Crippen molar-refractivity contribution >= 4 is 34.5 Å². The molecule has 1 aliphatic heterocycles. The zero-order chi connectivity index (χ0) is 14.8. The number of hydrogen-bond acceptors (Lipinski definition) is 3. The maximum absolute atomic E-state index is 6.23. The lowest BCUT2D eigenvalue weighted by Crippen LogP contribution is -2.45. The summed E-state index contributed by atoms with van der Waals surface area (Å²) in [5, 5.41) is 4.65. The third kappa shape index (κ3) is 3.43. The number of nitrogens with one attached hydrogen (secondary N) is 1. The van der Waals surface area contributed by atoms with Crippen molar-refractivity contribution in [1.29, 1.82) is 0 Å². The lowest BCUT2D eigenvalue weighted by Gasteiger charge is -2.35. The molecule has 5 heteroatoms. The molecule has 0 radical (unpaired) electrons. The van der Waals surface area contributed by atoms with E-state index in [0.717, 1.165) is 26.2 Å². The fraction of sp³-hybridized carbons (Fsp3) is 0.375. The van der Waals surface area contributed by atoms with Crippen LogP contribution in [-0.4, -0.2) is 31.1 Å². The molecular weight excluding hydrogens is 323 g/mol. The molecule has 112 valence electrons.